The van der Waals surface area contributed by atoms with Crippen LogP contribution in [0.15, 0.2) is 55.3 Å². The zero-order chi connectivity index (χ0) is 16.7. The molecule has 2 aromatic rings. The van der Waals surface area contributed by atoms with E-state index >= 15 is 0 Å². The molecule has 0 radical (unpaired) electrons. The van der Waals surface area contributed by atoms with Crippen molar-refractivity contribution in [1.82, 2.24) is 9.47 Å². The number of aliphatic hydroxyl groups is 1. The van der Waals surface area contributed by atoms with Crippen LogP contribution in [0.25, 0.3) is 0 Å². The molecular formula is C20H28N2O. The van der Waals surface area contributed by atoms with Crippen LogP contribution in [-0.2, 0) is 13.1 Å². The number of hydrogen-bond donors (Lipinski definition) is 1. The summed E-state index contributed by atoms with van der Waals surface area (Å²) in [6.45, 7) is 11.2. The van der Waals surface area contributed by atoms with Gasteiger partial charge in [0.1, 0.15) is 0 Å². The summed E-state index contributed by atoms with van der Waals surface area (Å²) >= 11 is 0. The van der Waals surface area contributed by atoms with Gasteiger partial charge in [0.15, 0.2) is 0 Å². The minimum atomic E-state index is -0.283. The fourth-order valence-corrected chi connectivity index (χ4v) is 2.76. The van der Waals surface area contributed by atoms with Gasteiger partial charge in [-0.1, -0.05) is 37.3 Å². The molecule has 0 aliphatic carbocycles. The van der Waals surface area contributed by atoms with E-state index in [1.807, 2.05) is 13.0 Å². The number of hydrogen-bond acceptors (Lipinski definition) is 2. The largest absolute Gasteiger partial charge is 0.392 e. The highest BCUT2D eigenvalue weighted by Crippen LogP contribution is 2.14. The average Bonchev–Trinajstić information content (AvgIpc) is 2.96. The topological polar surface area (TPSA) is 28.4 Å². The molecule has 0 aliphatic heterocycles. The Hall–Kier alpha value is -1.84. The van der Waals surface area contributed by atoms with Gasteiger partial charge in [-0.3, -0.25) is 4.90 Å². The van der Waals surface area contributed by atoms with Gasteiger partial charge in [-0.2, -0.15) is 0 Å². The molecule has 1 aromatic carbocycles. The number of aliphatic hydroxyl groups excluding tert-OH is 1. The number of nitrogens with zero attached hydrogens (tertiary/aromatic N) is 2. The van der Waals surface area contributed by atoms with Gasteiger partial charge in [0.05, 0.1) is 6.10 Å². The third-order valence-electron chi connectivity index (χ3n) is 4.24. The third-order valence-corrected chi connectivity index (χ3v) is 4.24. The number of aryl methyl sites for hydroxylation is 1. The molecule has 23 heavy (non-hydrogen) atoms. The minimum Gasteiger partial charge on any atom is -0.392 e. The van der Waals surface area contributed by atoms with Crippen molar-refractivity contribution in [2.75, 3.05) is 13.1 Å². The van der Waals surface area contributed by atoms with E-state index in [2.05, 4.69) is 65.6 Å². The molecule has 0 saturated heterocycles. The van der Waals surface area contributed by atoms with Crippen molar-refractivity contribution in [3.8, 4) is 0 Å². The molecule has 1 heterocycles. The Morgan fingerprint density at radius 2 is 2.04 bits per heavy atom. The van der Waals surface area contributed by atoms with E-state index in [0.717, 1.165) is 26.1 Å². The molecule has 0 bridgehead atoms. The Kier molecular flexibility index (Phi) is 6.63. The first-order chi connectivity index (χ1) is 11.1. The van der Waals surface area contributed by atoms with Gasteiger partial charge in [0.2, 0.25) is 0 Å². The van der Waals surface area contributed by atoms with Crippen LogP contribution in [0.4, 0.5) is 0 Å². The SMILES string of the molecule is C=CCN(Cc1cccn1Cc1ccccc1C)C[C@@H](O)CC. The summed E-state index contributed by atoms with van der Waals surface area (Å²) in [6.07, 6.45) is 4.52. The van der Waals surface area contributed by atoms with Crippen LogP contribution >= 0.6 is 0 Å². The fourth-order valence-electron chi connectivity index (χ4n) is 2.76. The Morgan fingerprint density at radius 1 is 1.26 bits per heavy atom. The van der Waals surface area contributed by atoms with E-state index in [-0.39, 0.29) is 6.10 Å². The molecule has 0 saturated carbocycles. The van der Waals surface area contributed by atoms with E-state index in [0.29, 0.717) is 6.54 Å². The van der Waals surface area contributed by atoms with Gasteiger partial charge in [-0.05, 0) is 36.6 Å². The predicted molar refractivity (Wildman–Crippen MR) is 96.5 cm³/mol. The summed E-state index contributed by atoms with van der Waals surface area (Å²) in [5.74, 6) is 0. The van der Waals surface area contributed by atoms with Gasteiger partial charge in [0.25, 0.3) is 0 Å². The predicted octanol–water partition coefficient (Wildman–Crippen LogP) is 3.60. The van der Waals surface area contributed by atoms with Crippen molar-refractivity contribution < 1.29 is 5.11 Å². The standard InChI is InChI=1S/C20H28N2O/c1-4-12-21(16-20(23)5-2)15-19-11-8-13-22(19)14-18-10-7-6-9-17(18)3/h4,6-11,13,20,23H,1,5,12,14-16H2,2-3H3/t20-/m0/s1. The van der Waals surface area contributed by atoms with E-state index in [1.165, 1.54) is 16.8 Å². The van der Waals surface area contributed by atoms with Gasteiger partial charge >= 0.3 is 0 Å². The van der Waals surface area contributed by atoms with Crippen molar-refractivity contribution in [1.29, 1.82) is 0 Å². The van der Waals surface area contributed by atoms with E-state index in [4.69, 9.17) is 0 Å². The van der Waals surface area contributed by atoms with Gasteiger partial charge in [-0.15, -0.1) is 6.58 Å². The fraction of sp³-hybridized carbons (Fsp3) is 0.400. The third kappa shape index (κ3) is 5.08. The van der Waals surface area contributed by atoms with Crippen LogP contribution < -0.4 is 0 Å². The molecule has 0 unspecified atom stereocenters. The molecule has 1 aromatic heterocycles. The zero-order valence-corrected chi connectivity index (χ0v) is 14.3. The van der Waals surface area contributed by atoms with Crippen LogP contribution in [0, 0.1) is 6.92 Å². The lowest BCUT2D eigenvalue weighted by Gasteiger charge is -2.24. The summed E-state index contributed by atoms with van der Waals surface area (Å²) in [4.78, 5) is 2.24. The Labute approximate surface area is 139 Å². The Balaban J connectivity index is 2.10. The quantitative estimate of drug-likeness (QED) is 0.717. The lowest BCUT2D eigenvalue weighted by molar-refractivity contribution is 0.111. The van der Waals surface area contributed by atoms with E-state index in [9.17, 15) is 5.11 Å². The number of aromatic nitrogens is 1. The lowest BCUT2D eigenvalue weighted by atomic mass is 10.1. The maximum atomic E-state index is 9.94. The second-order valence-corrected chi connectivity index (χ2v) is 6.10. The molecule has 1 N–H and O–H groups in total. The minimum absolute atomic E-state index is 0.283. The van der Waals surface area contributed by atoms with Gasteiger partial charge in [-0.25, -0.2) is 0 Å². The van der Waals surface area contributed by atoms with Crippen LogP contribution in [-0.4, -0.2) is 33.8 Å². The summed E-state index contributed by atoms with van der Waals surface area (Å²) in [7, 11) is 0. The molecule has 1 atom stereocenters. The molecule has 0 amide bonds. The monoisotopic (exact) mass is 312 g/mol. The number of rotatable bonds is 9. The van der Waals surface area contributed by atoms with Crippen LogP contribution in [0.2, 0.25) is 0 Å². The summed E-state index contributed by atoms with van der Waals surface area (Å²) < 4.78 is 2.29. The normalized spacial score (nSPS) is 12.5. The van der Waals surface area contributed by atoms with Crippen LogP contribution in [0.1, 0.15) is 30.2 Å². The average molecular weight is 312 g/mol. The van der Waals surface area contributed by atoms with Crippen molar-refractivity contribution in [2.45, 2.75) is 39.5 Å². The first-order valence-electron chi connectivity index (χ1n) is 8.33. The van der Waals surface area contributed by atoms with Gasteiger partial charge in [0, 0.05) is 38.1 Å². The van der Waals surface area contributed by atoms with Crippen LogP contribution in [0.3, 0.4) is 0 Å². The van der Waals surface area contributed by atoms with E-state index < -0.39 is 0 Å². The highest BCUT2D eigenvalue weighted by Gasteiger charge is 2.12. The highest BCUT2D eigenvalue weighted by molar-refractivity contribution is 5.26. The number of benzene rings is 1. The zero-order valence-electron chi connectivity index (χ0n) is 14.3. The Bertz CT molecular complexity index is 618. The molecule has 3 nitrogen and oxygen atoms in total. The maximum Gasteiger partial charge on any atom is 0.0664 e. The second-order valence-electron chi connectivity index (χ2n) is 6.10. The molecule has 0 fully saturated rings. The van der Waals surface area contributed by atoms with Crippen molar-refractivity contribution >= 4 is 0 Å². The van der Waals surface area contributed by atoms with Crippen molar-refractivity contribution in [3.05, 3.63) is 72.1 Å². The summed E-state index contributed by atoms with van der Waals surface area (Å²) in [5, 5.41) is 9.94. The first-order valence-corrected chi connectivity index (χ1v) is 8.33. The Morgan fingerprint density at radius 3 is 2.74 bits per heavy atom. The highest BCUT2D eigenvalue weighted by atomic mass is 16.3. The molecular weight excluding hydrogens is 284 g/mol. The van der Waals surface area contributed by atoms with Gasteiger partial charge < -0.3 is 9.67 Å². The second kappa shape index (κ2) is 8.70. The molecule has 3 heteroatoms. The molecule has 124 valence electrons. The lowest BCUT2D eigenvalue weighted by Crippen LogP contribution is -2.32. The van der Waals surface area contributed by atoms with E-state index in [1.54, 1.807) is 0 Å². The smallest absolute Gasteiger partial charge is 0.0664 e. The molecule has 0 spiro atoms. The summed E-state index contributed by atoms with van der Waals surface area (Å²) in [5.41, 5.74) is 3.92. The molecule has 0 aliphatic rings. The first kappa shape index (κ1) is 17.5. The van der Waals surface area contributed by atoms with Crippen LogP contribution in [0.5, 0.6) is 0 Å². The summed E-state index contributed by atoms with van der Waals surface area (Å²) in [6, 6.07) is 12.8. The maximum absolute atomic E-state index is 9.94. The molecule has 2 rings (SSSR count). The van der Waals surface area contributed by atoms with Crippen molar-refractivity contribution in [3.63, 3.8) is 0 Å². The van der Waals surface area contributed by atoms with Crippen molar-refractivity contribution in [2.24, 2.45) is 0 Å².